The van der Waals surface area contributed by atoms with Crippen molar-refractivity contribution in [3.05, 3.63) is 69.3 Å². The number of nitrogens with zero attached hydrogens (tertiary/aromatic N) is 4. The van der Waals surface area contributed by atoms with Crippen LogP contribution < -0.4 is 77.8 Å². The second-order valence-electron chi connectivity index (χ2n) is 20.8. The summed E-state index contributed by atoms with van der Waals surface area (Å²) in [5, 5.41) is 32.9. The molecule has 2 aromatic rings. The highest BCUT2D eigenvalue weighted by atomic mass is 19.2. The predicted octanol–water partition coefficient (Wildman–Crippen LogP) is 0.0562. The van der Waals surface area contributed by atoms with E-state index >= 15 is 0 Å². The fourth-order valence-corrected chi connectivity index (χ4v) is 8.81. The summed E-state index contributed by atoms with van der Waals surface area (Å²) in [6.45, 7) is -0.375. The van der Waals surface area contributed by atoms with Crippen LogP contribution in [0.1, 0.15) is 127 Å². The van der Waals surface area contributed by atoms with E-state index in [1.54, 1.807) is 0 Å². The van der Waals surface area contributed by atoms with Crippen molar-refractivity contribution in [3.8, 4) is 0 Å². The van der Waals surface area contributed by atoms with E-state index < -0.39 is 166 Å². The van der Waals surface area contributed by atoms with E-state index in [0.29, 0.717) is 38.5 Å². The first kappa shape index (κ1) is 78.7. The summed E-state index contributed by atoms with van der Waals surface area (Å²) in [4.78, 5) is 120. The number of rotatable bonds is 43. The Labute approximate surface area is 520 Å². The maximum absolute atomic E-state index is 14.9. The van der Waals surface area contributed by atoms with E-state index in [4.69, 9.17) is 45.9 Å². The molecule has 514 valence electrons. The minimum Gasteiger partial charge on any atom is -0.480 e. The zero-order chi connectivity index (χ0) is 69.4. The van der Waals surface area contributed by atoms with Crippen LogP contribution in [0.25, 0.3) is 0 Å². The van der Waals surface area contributed by atoms with E-state index in [1.807, 2.05) is 0 Å². The number of nitrogens with two attached hydrogens (primary N) is 8. The lowest BCUT2D eigenvalue weighted by atomic mass is 10.0. The Hall–Kier alpha value is -9.42. The van der Waals surface area contributed by atoms with Crippen molar-refractivity contribution in [2.24, 2.45) is 65.8 Å². The number of guanidine groups is 4. The van der Waals surface area contributed by atoms with Gasteiger partial charge in [-0.1, -0.05) is 38.5 Å². The second kappa shape index (κ2) is 40.3. The molecular weight excluding hydrogens is 1250 g/mol. The number of hydrogen-bond acceptors (Lipinski definition) is 12. The van der Waals surface area contributed by atoms with Crippen LogP contribution in [0, 0.1) is 58.2 Å². The number of amides is 6. The Balaban J connectivity index is 2.13. The summed E-state index contributed by atoms with van der Waals surface area (Å²) < 4.78 is 145. The zero-order valence-corrected chi connectivity index (χ0v) is 49.8. The molecule has 0 saturated heterocycles. The topological polar surface area (TPSA) is 507 Å². The lowest BCUT2D eigenvalue weighted by Gasteiger charge is -2.25. The third-order valence-corrected chi connectivity index (χ3v) is 13.6. The van der Waals surface area contributed by atoms with Crippen molar-refractivity contribution in [1.82, 2.24) is 31.9 Å². The zero-order valence-electron chi connectivity index (χ0n) is 49.8. The van der Waals surface area contributed by atoms with Crippen molar-refractivity contribution in [3.63, 3.8) is 0 Å². The number of halogens is 10. The van der Waals surface area contributed by atoms with Gasteiger partial charge in [0.05, 0.1) is 0 Å². The Morgan fingerprint density at radius 3 is 0.772 bits per heavy atom. The van der Waals surface area contributed by atoms with Gasteiger partial charge >= 0.3 is 11.9 Å². The monoisotopic (exact) mass is 1330 g/mol. The van der Waals surface area contributed by atoms with Gasteiger partial charge in [-0.05, 0) is 64.2 Å². The summed E-state index contributed by atoms with van der Waals surface area (Å²) in [6.07, 6.45) is -0.379. The van der Waals surface area contributed by atoms with Crippen LogP contribution in [-0.2, 0) is 51.2 Å². The van der Waals surface area contributed by atoms with Crippen LogP contribution in [0.4, 0.5) is 43.9 Å². The maximum atomic E-state index is 14.9. The van der Waals surface area contributed by atoms with E-state index in [2.05, 4.69) is 51.9 Å². The minimum absolute atomic E-state index is 0.00378. The Morgan fingerprint density at radius 2 is 0.522 bits per heavy atom. The fraction of sp³-hybridized carbons (Fsp3) is 0.556. The standard InChI is InChI=1S/C54H78F10N18O10/c55-35-25(36(56)40(60)43(63)39(35)59)23-31(47(87)79-29(49(89)90)15-11-21-75-53(69)70)81-45(85)27(13-9-19-73-51(65)66)77-33(83)17-7-5-3-1-2-4-6-8-18-34(84)78-28(14-10-20-74-52(67)68)46(86)82-32(24-26-37(57)41(61)44(64)42(62)38(26)58)48(88)80-30(50(91)92)16-12-22-76-54(71)72/h27-32H,1-24H2,(H,77,83)(H,78,84)(H,79,87)(H,80,88)(H,81,85)(H,82,86)(H,89,90)(H,91,92)(H4,65,66,73)(H4,67,68,74)(H4,69,70,75)(H4,71,72,76)/t27-,28-,29+,30+,31+,32+/m1/s1. The molecule has 28 nitrogen and oxygen atoms in total. The molecule has 6 atom stereocenters. The van der Waals surface area contributed by atoms with Crippen molar-refractivity contribution < 1.29 is 92.5 Å². The van der Waals surface area contributed by atoms with E-state index in [0.717, 1.165) is 0 Å². The fourth-order valence-electron chi connectivity index (χ4n) is 8.81. The number of aliphatic carboxylic acids is 2. The Morgan fingerprint density at radius 1 is 0.304 bits per heavy atom. The molecule has 0 spiro atoms. The van der Waals surface area contributed by atoms with E-state index in [-0.39, 0.29) is 127 Å². The highest BCUT2D eigenvalue weighted by Gasteiger charge is 2.36. The average molecular weight is 1330 g/mol. The number of carbonyl (C=O) groups excluding carboxylic acids is 6. The molecule has 24 N–H and O–H groups in total. The number of unbranched alkanes of at least 4 members (excludes halogenated alkanes) is 7. The van der Waals surface area contributed by atoms with Crippen LogP contribution in [0.2, 0.25) is 0 Å². The molecule has 0 aromatic heterocycles. The molecule has 0 radical (unpaired) electrons. The molecule has 0 fully saturated rings. The van der Waals surface area contributed by atoms with Gasteiger partial charge in [-0.2, -0.15) is 0 Å². The Bertz CT molecular complexity index is 2750. The van der Waals surface area contributed by atoms with Gasteiger partial charge in [0.1, 0.15) is 36.3 Å². The number of nitrogens with one attached hydrogen (secondary N) is 6. The average Bonchev–Trinajstić information content (AvgIpc) is 0.858. The molecule has 2 aromatic carbocycles. The molecule has 38 heteroatoms. The quantitative estimate of drug-likeness (QED) is 0.0104. The van der Waals surface area contributed by atoms with E-state index in [9.17, 15) is 92.5 Å². The predicted molar refractivity (Wildman–Crippen MR) is 313 cm³/mol. The normalized spacial score (nSPS) is 12.9. The molecule has 0 aliphatic rings. The number of benzene rings is 2. The largest absolute Gasteiger partial charge is 0.480 e. The van der Waals surface area contributed by atoms with Crippen LogP contribution in [0.5, 0.6) is 0 Å². The highest BCUT2D eigenvalue weighted by Crippen LogP contribution is 2.26. The summed E-state index contributed by atoms with van der Waals surface area (Å²) in [5.74, 6) is -35.1. The van der Waals surface area contributed by atoms with Gasteiger partial charge in [-0.15, -0.1) is 0 Å². The van der Waals surface area contributed by atoms with Gasteiger partial charge < -0.3 is 88.0 Å². The molecule has 0 heterocycles. The summed E-state index contributed by atoms with van der Waals surface area (Å²) in [5.41, 5.74) is 39.6. The van der Waals surface area contributed by atoms with E-state index in [1.165, 1.54) is 0 Å². The summed E-state index contributed by atoms with van der Waals surface area (Å²) in [7, 11) is 0. The van der Waals surface area contributed by atoms with Gasteiger partial charge in [-0.25, -0.2) is 53.5 Å². The molecule has 92 heavy (non-hydrogen) atoms. The number of carboxylic acid groups (broad SMARTS) is 2. The SMILES string of the molecule is NC(N)=NCCC[C@H](NC(=O)[C@H](Cc1c(F)c(F)c(F)c(F)c1F)NC(=O)[C@@H](CCCN=C(N)N)NC(=O)CCCCCCCCCCC(=O)N[C@H](CCCN=C(N)N)C(=O)N[C@@H](Cc1c(F)c(F)c(F)c(F)c1F)C(=O)N[C@@H](CCCN=C(N)N)C(=O)O)C(=O)O. The van der Waals surface area contributed by atoms with Crippen LogP contribution in [-0.4, -0.2) is 144 Å². The van der Waals surface area contributed by atoms with Crippen LogP contribution in [0.15, 0.2) is 20.0 Å². The maximum Gasteiger partial charge on any atom is 0.326 e. The molecule has 2 rings (SSSR count). The summed E-state index contributed by atoms with van der Waals surface area (Å²) >= 11 is 0. The third kappa shape index (κ3) is 27.8. The minimum atomic E-state index is -2.52. The van der Waals surface area contributed by atoms with Crippen molar-refractivity contribution in [1.29, 1.82) is 0 Å². The lowest BCUT2D eigenvalue weighted by molar-refractivity contribution is -0.143. The molecule has 0 aliphatic heterocycles. The van der Waals surface area contributed by atoms with Crippen molar-refractivity contribution in [2.75, 3.05) is 26.2 Å². The van der Waals surface area contributed by atoms with Gasteiger partial charge in [0.2, 0.25) is 47.1 Å². The summed E-state index contributed by atoms with van der Waals surface area (Å²) in [6, 6.07) is -11.0. The molecule has 0 saturated carbocycles. The van der Waals surface area contributed by atoms with Crippen LogP contribution >= 0.6 is 0 Å². The molecule has 0 bridgehead atoms. The number of hydrogen-bond donors (Lipinski definition) is 16. The molecule has 6 amide bonds. The number of aliphatic imine (C=N–C) groups is 4. The lowest BCUT2D eigenvalue weighted by Crippen LogP contribution is -2.56. The van der Waals surface area contributed by atoms with Crippen molar-refractivity contribution in [2.45, 2.75) is 165 Å². The Kier molecular flexibility index (Phi) is 34.5. The second-order valence-corrected chi connectivity index (χ2v) is 20.8. The first-order chi connectivity index (χ1) is 43.3. The van der Waals surface area contributed by atoms with Gasteiger partial charge in [0.15, 0.2) is 70.4 Å². The number of carbonyl (C=O) groups is 8. The molecule has 0 aliphatic carbocycles. The van der Waals surface area contributed by atoms with Crippen LogP contribution in [0.3, 0.4) is 0 Å². The number of carboxylic acids is 2. The smallest absolute Gasteiger partial charge is 0.326 e. The molecular formula is C54H78F10N18O10. The first-order valence-corrected chi connectivity index (χ1v) is 28.8. The first-order valence-electron chi connectivity index (χ1n) is 28.8. The van der Waals surface area contributed by atoms with Gasteiger partial charge in [-0.3, -0.25) is 48.7 Å². The molecule has 0 unspecified atom stereocenters. The van der Waals surface area contributed by atoms with Gasteiger partial charge in [0, 0.05) is 63.0 Å². The third-order valence-electron chi connectivity index (χ3n) is 13.6. The highest BCUT2D eigenvalue weighted by molar-refractivity contribution is 5.95. The van der Waals surface area contributed by atoms with Crippen molar-refractivity contribution >= 4 is 71.2 Å². The van der Waals surface area contributed by atoms with Gasteiger partial charge in [0.25, 0.3) is 0 Å².